The highest BCUT2D eigenvalue weighted by Crippen LogP contribution is 2.24. The molecule has 0 aliphatic carbocycles. The number of ether oxygens (including phenoxy) is 2. The Morgan fingerprint density at radius 1 is 1.23 bits per heavy atom. The number of anilines is 1. The molecule has 0 saturated carbocycles. The highest BCUT2D eigenvalue weighted by molar-refractivity contribution is 6.32. The molecule has 5 heteroatoms. The van der Waals surface area contributed by atoms with Crippen molar-refractivity contribution in [3.05, 3.63) is 59.1 Å². The molecule has 0 heterocycles. The third kappa shape index (κ3) is 4.48. The average Bonchev–Trinajstić information content (AvgIpc) is 2.50. The number of carbonyl (C=O) groups is 1. The van der Waals surface area contributed by atoms with Crippen molar-refractivity contribution in [3.8, 4) is 5.75 Å². The molecule has 0 aliphatic rings. The van der Waals surface area contributed by atoms with Crippen LogP contribution in [0.4, 0.5) is 5.69 Å². The number of para-hydroxylation sites is 1. The van der Waals surface area contributed by atoms with E-state index in [0.29, 0.717) is 23.1 Å². The Labute approximate surface area is 135 Å². The molecule has 0 aliphatic heterocycles. The molecule has 22 heavy (non-hydrogen) atoms. The van der Waals surface area contributed by atoms with Crippen molar-refractivity contribution in [1.29, 1.82) is 0 Å². The standard InChI is InChI=1S/C17H18ClNO3/c1-12(22-16-9-4-3-8-15(16)18)17(20)19-14-7-5-6-13(10-14)11-21-2/h3-10,12H,11H2,1-2H3,(H,19,20)/t12-/m1/s1. The largest absolute Gasteiger partial charge is 0.479 e. The predicted molar refractivity (Wildman–Crippen MR) is 87.3 cm³/mol. The van der Waals surface area contributed by atoms with Crippen molar-refractivity contribution >= 4 is 23.2 Å². The molecule has 1 atom stereocenters. The minimum atomic E-state index is -0.661. The van der Waals surface area contributed by atoms with Crippen molar-refractivity contribution < 1.29 is 14.3 Å². The highest BCUT2D eigenvalue weighted by Gasteiger charge is 2.16. The van der Waals surface area contributed by atoms with Gasteiger partial charge in [-0.3, -0.25) is 4.79 Å². The molecule has 0 radical (unpaired) electrons. The Kier molecular flexibility index (Phi) is 5.81. The topological polar surface area (TPSA) is 47.6 Å². The molecular formula is C17H18ClNO3. The first-order valence-corrected chi connectivity index (χ1v) is 7.28. The van der Waals surface area contributed by atoms with Gasteiger partial charge in [0, 0.05) is 12.8 Å². The monoisotopic (exact) mass is 319 g/mol. The Hall–Kier alpha value is -2.04. The van der Waals surface area contributed by atoms with E-state index in [1.54, 1.807) is 38.3 Å². The predicted octanol–water partition coefficient (Wildman–Crippen LogP) is 3.89. The minimum Gasteiger partial charge on any atom is -0.479 e. The lowest BCUT2D eigenvalue weighted by atomic mass is 10.2. The molecule has 2 rings (SSSR count). The van der Waals surface area contributed by atoms with Crippen LogP contribution in [0.15, 0.2) is 48.5 Å². The summed E-state index contributed by atoms with van der Waals surface area (Å²) >= 11 is 6.02. The van der Waals surface area contributed by atoms with E-state index >= 15 is 0 Å². The van der Waals surface area contributed by atoms with Gasteiger partial charge in [-0.1, -0.05) is 35.9 Å². The second-order valence-corrected chi connectivity index (χ2v) is 5.22. The Morgan fingerprint density at radius 3 is 2.73 bits per heavy atom. The molecule has 0 unspecified atom stereocenters. The maximum absolute atomic E-state index is 12.2. The molecular weight excluding hydrogens is 302 g/mol. The number of halogens is 1. The molecule has 0 spiro atoms. The number of amides is 1. The summed E-state index contributed by atoms with van der Waals surface area (Å²) < 4.78 is 10.7. The molecule has 0 fully saturated rings. The molecule has 1 N–H and O–H groups in total. The summed E-state index contributed by atoms with van der Waals surface area (Å²) in [5, 5.41) is 3.29. The second kappa shape index (κ2) is 7.82. The fourth-order valence-corrected chi connectivity index (χ4v) is 2.11. The van der Waals surface area contributed by atoms with Crippen LogP contribution in [0.2, 0.25) is 5.02 Å². The van der Waals surface area contributed by atoms with Gasteiger partial charge < -0.3 is 14.8 Å². The smallest absolute Gasteiger partial charge is 0.265 e. The van der Waals surface area contributed by atoms with Gasteiger partial charge in [0.2, 0.25) is 0 Å². The Bertz CT molecular complexity index is 645. The van der Waals surface area contributed by atoms with Crippen LogP contribution in [0.3, 0.4) is 0 Å². The van der Waals surface area contributed by atoms with Crippen LogP contribution in [-0.4, -0.2) is 19.1 Å². The van der Waals surface area contributed by atoms with E-state index in [2.05, 4.69) is 5.32 Å². The summed E-state index contributed by atoms with van der Waals surface area (Å²) in [4.78, 5) is 12.2. The van der Waals surface area contributed by atoms with Gasteiger partial charge in [0.1, 0.15) is 5.75 Å². The van der Waals surface area contributed by atoms with Crippen LogP contribution >= 0.6 is 11.6 Å². The zero-order valence-electron chi connectivity index (χ0n) is 12.5. The number of methoxy groups -OCH3 is 1. The van der Waals surface area contributed by atoms with Crippen LogP contribution < -0.4 is 10.1 Å². The first-order valence-electron chi connectivity index (χ1n) is 6.90. The third-order valence-electron chi connectivity index (χ3n) is 3.02. The van der Waals surface area contributed by atoms with E-state index in [9.17, 15) is 4.79 Å². The van der Waals surface area contributed by atoms with E-state index < -0.39 is 6.10 Å². The molecule has 1 amide bonds. The quantitative estimate of drug-likeness (QED) is 0.878. The van der Waals surface area contributed by atoms with Crippen LogP contribution in [0, 0.1) is 0 Å². The minimum absolute atomic E-state index is 0.241. The third-order valence-corrected chi connectivity index (χ3v) is 3.33. The zero-order valence-corrected chi connectivity index (χ0v) is 13.3. The van der Waals surface area contributed by atoms with Crippen LogP contribution in [0.5, 0.6) is 5.75 Å². The van der Waals surface area contributed by atoms with Gasteiger partial charge in [-0.05, 0) is 36.8 Å². The number of carbonyl (C=O) groups excluding carboxylic acids is 1. The second-order valence-electron chi connectivity index (χ2n) is 4.81. The average molecular weight is 320 g/mol. The van der Waals surface area contributed by atoms with Gasteiger partial charge in [-0.15, -0.1) is 0 Å². The van der Waals surface area contributed by atoms with E-state index in [1.807, 2.05) is 24.3 Å². The molecule has 2 aromatic carbocycles. The summed E-state index contributed by atoms with van der Waals surface area (Å²) in [5.74, 6) is 0.245. The number of hydrogen-bond donors (Lipinski definition) is 1. The molecule has 2 aromatic rings. The van der Waals surface area contributed by atoms with E-state index in [4.69, 9.17) is 21.1 Å². The maximum Gasteiger partial charge on any atom is 0.265 e. The Balaban J connectivity index is 1.99. The summed E-state index contributed by atoms with van der Waals surface area (Å²) in [6.07, 6.45) is -0.661. The number of rotatable bonds is 6. The van der Waals surface area contributed by atoms with Gasteiger partial charge in [-0.2, -0.15) is 0 Å². The first kappa shape index (κ1) is 16.3. The molecule has 116 valence electrons. The van der Waals surface area contributed by atoms with Gasteiger partial charge in [0.25, 0.3) is 5.91 Å². The van der Waals surface area contributed by atoms with Crippen molar-refractivity contribution in [2.45, 2.75) is 19.6 Å². The zero-order chi connectivity index (χ0) is 15.9. The summed E-state index contributed by atoms with van der Waals surface area (Å²) in [6.45, 7) is 2.17. The number of benzene rings is 2. The van der Waals surface area contributed by atoms with Gasteiger partial charge in [0.05, 0.1) is 11.6 Å². The SMILES string of the molecule is COCc1cccc(NC(=O)[C@@H](C)Oc2ccccc2Cl)c1. The molecule has 0 aromatic heterocycles. The lowest BCUT2D eigenvalue weighted by Crippen LogP contribution is -2.30. The maximum atomic E-state index is 12.2. The lowest BCUT2D eigenvalue weighted by Gasteiger charge is -2.16. The summed E-state index contributed by atoms with van der Waals surface area (Å²) in [6, 6.07) is 14.5. The van der Waals surface area contributed by atoms with Crippen molar-refractivity contribution in [2.24, 2.45) is 0 Å². The molecule has 4 nitrogen and oxygen atoms in total. The summed E-state index contributed by atoms with van der Waals surface area (Å²) in [7, 11) is 1.63. The van der Waals surface area contributed by atoms with Crippen molar-refractivity contribution in [2.75, 3.05) is 12.4 Å². The Morgan fingerprint density at radius 2 is 2.00 bits per heavy atom. The van der Waals surface area contributed by atoms with Crippen LogP contribution in [-0.2, 0) is 16.1 Å². The highest BCUT2D eigenvalue weighted by atomic mass is 35.5. The number of nitrogens with one attached hydrogen (secondary N) is 1. The molecule has 0 saturated heterocycles. The van der Waals surface area contributed by atoms with Gasteiger partial charge in [-0.25, -0.2) is 0 Å². The van der Waals surface area contributed by atoms with Crippen molar-refractivity contribution in [3.63, 3.8) is 0 Å². The van der Waals surface area contributed by atoms with E-state index in [-0.39, 0.29) is 5.91 Å². The molecule has 0 bridgehead atoms. The fraction of sp³-hybridized carbons (Fsp3) is 0.235. The van der Waals surface area contributed by atoms with Gasteiger partial charge >= 0.3 is 0 Å². The first-order chi connectivity index (χ1) is 10.6. The van der Waals surface area contributed by atoms with E-state index in [1.165, 1.54) is 0 Å². The number of hydrogen-bond acceptors (Lipinski definition) is 3. The lowest BCUT2D eigenvalue weighted by molar-refractivity contribution is -0.122. The van der Waals surface area contributed by atoms with Crippen LogP contribution in [0.1, 0.15) is 12.5 Å². The fourth-order valence-electron chi connectivity index (χ4n) is 1.93. The van der Waals surface area contributed by atoms with Crippen molar-refractivity contribution in [1.82, 2.24) is 0 Å². The van der Waals surface area contributed by atoms with E-state index in [0.717, 1.165) is 5.56 Å². The normalized spacial score (nSPS) is 11.8. The van der Waals surface area contributed by atoms with Crippen LogP contribution in [0.25, 0.3) is 0 Å². The summed E-state index contributed by atoms with van der Waals surface area (Å²) in [5.41, 5.74) is 1.69. The van der Waals surface area contributed by atoms with Gasteiger partial charge in [0.15, 0.2) is 6.10 Å².